The third kappa shape index (κ3) is 2.68. The first-order valence-electron chi connectivity index (χ1n) is 5.14. The van der Waals surface area contributed by atoms with Gasteiger partial charge in [-0.05, 0) is 36.8 Å². The van der Waals surface area contributed by atoms with Crippen molar-refractivity contribution in [2.24, 2.45) is 0 Å². The van der Waals surface area contributed by atoms with E-state index >= 15 is 0 Å². The zero-order valence-corrected chi connectivity index (χ0v) is 9.80. The number of benzene rings is 1. The number of aliphatic hydroxyl groups excluding tert-OH is 1. The van der Waals surface area contributed by atoms with E-state index in [1.54, 1.807) is 17.4 Å². The number of rotatable bonds is 3. The predicted octanol–water partition coefficient (Wildman–Crippen LogP) is 3.47. The molecule has 1 atom stereocenters. The molecule has 0 radical (unpaired) electrons. The van der Waals surface area contributed by atoms with Crippen molar-refractivity contribution in [1.29, 1.82) is 0 Å². The van der Waals surface area contributed by atoms with E-state index in [4.69, 9.17) is 0 Å². The maximum absolute atomic E-state index is 12.9. The van der Waals surface area contributed by atoms with E-state index in [9.17, 15) is 9.50 Å². The third-order valence-corrected chi connectivity index (χ3v) is 3.51. The summed E-state index contributed by atoms with van der Waals surface area (Å²) in [4.78, 5) is 2.11. The second-order valence-electron chi connectivity index (χ2n) is 3.80. The van der Waals surface area contributed by atoms with Crippen molar-refractivity contribution in [2.75, 3.05) is 0 Å². The SMILES string of the molecule is Cc1ccc(C(O)Cc2cccc(F)c2)s1. The average molecular weight is 236 g/mol. The lowest BCUT2D eigenvalue weighted by atomic mass is 10.1. The minimum Gasteiger partial charge on any atom is -0.387 e. The zero-order valence-electron chi connectivity index (χ0n) is 8.98. The second-order valence-corrected chi connectivity index (χ2v) is 5.12. The molecule has 84 valence electrons. The number of hydrogen-bond donors (Lipinski definition) is 1. The molecule has 3 heteroatoms. The van der Waals surface area contributed by atoms with Gasteiger partial charge in [-0.2, -0.15) is 0 Å². The number of aryl methyl sites for hydroxylation is 1. The fourth-order valence-electron chi connectivity index (χ4n) is 1.62. The van der Waals surface area contributed by atoms with Gasteiger partial charge in [0.15, 0.2) is 0 Å². The predicted molar refractivity (Wildman–Crippen MR) is 64.1 cm³/mol. The van der Waals surface area contributed by atoms with E-state index in [1.807, 2.05) is 25.1 Å². The van der Waals surface area contributed by atoms with Gasteiger partial charge in [0.1, 0.15) is 5.82 Å². The molecule has 0 aliphatic rings. The molecule has 0 saturated heterocycles. The van der Waals surface area contributed by atoms with Gasteiger partial charge in [0.05, 0.1) is 6.10 Å². The minimum absolute atomic E-state index is 0.257. The van der Waals surface area contributed by atoms with Crippen LogP contribution in [0, 0.1) is 12.7 Å². The average Bonchev–Trinajstić information content (AvgIpc) is 2.65. The first-order chi connectivity index (χ1) is 7.65. The van der Waals surface area contributed by atoms with Crippen molar-refractivity contribution in [2.45, 2.75) is 19.4 Å². The Bertz CT molecular complexity index is 478. The molecule has 0 aliphatic heterocycles. The van der Waals surface area contributed by atoms with Gasteiger partial charge in [-0.15, -0.1) is 11.3 Å². The summed E-state index contributed by atoms with van der Waals surface area (Å²) in [5.41, 5.74) is 0.818. The summed E-state index contributed by atoms with van der Waals surface area (Å²) in [5, 5.41) is 9.97. The summed E-state index contributed by atoms with van der Waals surface area (Å²) >= 11 is 1.58. The minimum atomic E-state index is -0.541. The number of halogens is 1. The Hall–Kier alpha value is -1.19. The smallest absolute Gasteiger partial charge is 0.123 e. The molecule has 2 rings (SSSR count). The van der Waals surface area contributed by atoms with Gasteiger partial charge >= 0.3 is 0 Å². The number of aliphatic hydroxyl groups is 1. The van der Waals surface area contributed by atoms with Crippen molar-refractivity contribution >= 4 is 11.3 Å². The van der Waals surface area contributed by atoms with Gasteiger partial charge in [-0.25, -0.2) is 4.39 Å². The summed E-state index contributed by atoms with van der Waals surface area (Å²) < 4.78 is 12.9. The standard InChI is InChI=1S/C13H13FOS/c1-9-5-6-13(16-9)12(15)8-10-3-2-4-11(14)7-10/h2-7,12,15H,8H2,1H3. The Morgan fingerprint density at radius 3 is 2.75 bits per heavy atom. The molecule has 16 heavy (non-hydrogen) atoms. The first kappa shape index (κ1) is 11.3. The van der Waals surface area contributed by atoms with Crippen LogP contribution in [0.2, 0.25) is 0 Å². The highest BCUT2D eigenvalue weighted by atomic mass is 32.1. The largest absolute Gasteiger partial charge is 0.387 e. The van der Waals surface area contributed by atoms with E-state index in [0.29, 0.717) is 6.42 Å². The summed E-state index contributed by atoms with van der Waals surface area (Å²) in [6, 6.07) is 10.3. The van der Waals surface area contributed by atoms with E-state index < -0.39 is 6.10 Å². The maximum Gasteiger partial charge on any atom is 0.123 e. The highest BCUT2D eigenvalue weighted by molar-refractivity contribution is 7.12. The molecule has 0 amide bonds. The van der Waals surface area contributed by atoms with Gasteiger partial charge in [0.2, 0.25) is 0 Å². The summed E-state index contributed by atoms with van der Waals surface area (Å²) in [6.07, 6.45) is -0.0851. The molecule has 1 heterocycles. The summed E-state index contributed by atoms with van der Waals surface area (Å²) in [5.74, 6) is -0.257. The fourth-order valence-corrected chi connectivity index (χ4v) is 2.48. The molecule has 1 aromatic heterocycles. The molecular weight excluding hydrogens is 223 g/mol. The maximum atomic E-state index is 12.9. The molecule has 1 nitrogen and oxygen atoms in total. The lowest BCUT2D eigenvalue weighted by molar-refractivity contribution is 0.182. The van der Waals surface area contributed by atoms with Crippen LogP contribution in [-0.4, -0.2) is 5.11 Å². The first-order valence-corrected chi connectivity index (χ1v) is 5.95. The highest BCUT2D eigenvalue weighted by Crippen LogP contribution is 2.25. The molecule has 0 fully saturated rings. The van der Waals surface area contributed by atoms with Gasteiger partial charge in [0, 0.05) is 16.2 Å². The van der Waals surface area contributed by atoms with E-state index in [-0.39, 0.29) is 5.82 Å². The monoisotopic (exact) mass is 236 g/mol. The zero-order chi connectivity index (χ0) is 11.5. The van der Waals surface area contributed by atoms with Crippen molar-refractivity contribution in [3.63, 3.8) is 0 Å². The van der Waals surface area contributed by atoms with Crippen LogP contribution < -0.4 is 0 Å². The highest BCUT2D eigenvalue weighted by Gasteiger charge is 2.10. The van der Waals surface area contributed by atoms with Crippen LogP contribution in [-0.2, 0) is 6.42 Å². The fraction of sp³-hybridized carbons (Fsp3) is 0.231. The topological polar surface area (TPSA) is 20.2 Å². The van der Waals surface area contributed by atoms with Crippen LogP contribution >= 0.6 is 11.3 Å². The van der Waals surface area contributed by atoms with Gasteiger partial charge in [0.25, 0.3) is 0 Å². The molecule has 0 aliphatic carbocycles. The number of hydrogen-bond acceptors (Lipinski definition) is 2. The van der Waals surface area contributed by atoms with Crippen molar-refractivity contribution in [1.82, 2.24) is 0 Å². The Kier molecular flexibility index (Phi) is 3.36. The summed E-state index contributed by atoms with van der Waals surface area (Å²) in [7, 11) is 0. The summed E-state index contributed by atoms with van der Waals surface area (Å²) in [6.45, 7) is 2.00. The molecule has 1 unspecified atom stereocenters. The molecule has 0 bridgehead atoms. The third-order valence-electron chi connectivity index (χ3n) is 2.41. The molecule has 1 aromatic carbocycles. The molecule has 0 saturated carbocycles. The second kappa shape index (κ2) is 4.76. The van der Waals surface area contributed by atoms with Crippen LogP contribution in [0.25, 0.3) is 0 Å². The lowest BCUT2D eigenvalue weighted by Gasteiger charge is -2.08. The molecular formula is C13H13FOS. The van der Waals surface area contributed by atoms with Crippen molar-refractivity contribution in [3.8, 4) is 0 Å². The van der Waals surface area contributed by atoms with Gasteiger partial charge < -0.3 is 5.11 Å². The van der Waals surface area contributed by atoms with Crippen LogP contribution in [0.1, 0.15) is 21.4 Å². The molecule has 0 spiro atoms. The van der Waals surface area contributed by atoms with Crippen LogP contribution in [0.15, 0.2) is 36.4 Å². The van der Waals surface area contributed by atoms with Crippen LogP contribution in [0.5, 0.6) is 0 Å². The molecule has 1 N–H and O–H groups in total. The number of thiophene rings is 1. The Balaban J connectivity index is 2.10. The molecule has 2 aromatic rings. The van der Waals surface area contributed by atoms with Crippen LogP contribution in [0.4, 0.5) is 4.39 Å². The van der Waals surface area contributed by atoms with Crippen molar-refractivity contribution < 1.29 is 9.50 Å². The van der Waals surface area contributed by atoms with Gasteiger partial charge in [-0.3, -0.25) is 0 Å². The Morgan fingerprint density at radius 2 is 2.12 bits per heavy atom. The van der Waals surface area contributed by atoms with E-state index in [2.05, 4.69) is 0 Å². The van der Waals surface area contributed by atoms with E-state index in [1.165, 1.54) is 17.0 Å². The quantitative estimate of drug-likeness (QED) is 0.865. The van der Waals surface area contributed by atoms with E-state index in [0.717, 1.165) is 10.4 Å². The van der Waals surface area contributed by atoms with Gasteiger partial charge in [-0.1, -0.05) is 12.1 Å². The Labute approximate surface area is 98.2 Å². The lowest BCUT2D eigenvalue weighted by Crippen LogP contribution is -1.99. The van der Waals surface area contributed by atoms with Crippen molar-refractivity contribution in [3.05, 3.63) is 57.5 Å². The normalized spacial score (nSPS) is 12.7. The van der Waals surface area contributed by atoms with Crippen LogP contribution in [0.3, 0.4) is 0 Å². The Morgan fingerprint density at radius 1 is 1.31 bits per heavy atom.